The quantitative estimate of drug-likeness (QED) is 0.340. The van der Waals surface area contributed by atoms with E-state index in [-0.39, 0.29) is 11.9 Å². The summed E-state index contributed by atoms with van der Waals surface area (Å²) in [6.07, 6.45) is 3.21. The maximum absolute atomic E-state index is 12.8. The van der Waals surface area contributed by atoms with Crippen LogP contribution in [0.4, 0.5) is 0 Å². The highest BCUT2D eigenvalue weighted by Crippen LogP contribution is 2.28. The summed E-state index contributed by atoms with van der Waals surface area (Å²) in [5.41, 5.74) is 2.73. The molecule has 3 aromatic carbocycles. The first kappa shape index (κ1) is 24.7. The second kappa shape index (κ2) is 10.9. The van der Waals surface area contributed by atoms with E-state index in [9.17, 15) is 9.90 Å². The van der Waals surface area contributed by atoms with Gasteiger partial charge >= 0.3 is 0 Å². The lowest BCUT2D eigenvalue weighted by Crippen LogP contribution is -2.46. The standard InChI is InChI=1S/C29H30BrN3O3/c1-36-21-8-9-27-25(17-21)24(10-13-31-27)28(34)18-33-14-11-20(12-15-33)32-29(35)16-19-4-2-6-23-22(19)5-3-7-26(23)30/h2-10,13,17,20,28,34H,11-12,14-16,18H2,1H3,(H,32,35)/t28-/m0/s1. The number of β-amino-alcohol motifs (C(OH)–C–C–N with tert-alkyl or cyclic N) is 1. The summed E-state index contributed by atoms with van der Waals surface area (Å²) < 4.78 is 6.40. The molecule has 1 amide bonds. The minimum Gasteiger partial charge on any atom is -0.497 e. The van der Waals surface area contributed by atoms with Gasteiger partial charge < -0.3 is 20.1 Å². The highest BCUT2D eigenvalue weighted by atomic mass is 79.9. The van der Waals surface area contributed by atoms with Gasteiger partial charge in [0.15, 0.2) is 0 Å². The van der Waals surface area contributed by atoms with E-state index in [0.717, 1.165) is 69.0 Å². The lowest BCUT2D eigenvalue weighted by atomic mass is 10.00. The molecule has 1 fully saturated rings. The predicted molar refractivity (Wildman–Crippen MR) is 146 cm³/mol. The molecule has 2 N–H and O–H groups in total. The molecule has 4 aromatic rings. The summed E-state index contributed by atoms with van der Waals surface area (Å²) in [6.45, 7) is 2.20. The molecule has 1 saturated heterocycles. The summed E-state index contributed by atoms with van der Waals surface area (Å²) in [5.74, 6) is 0.801. The number of rotatable bonds is 7. The van der Waals surface area contributed by atoms with E-state index in [2.05, 4.69) is 43.3 Å². The third-order valence-corrected chi connectivity index (χ3v) is 7.73. The van der Waals surface area contributed by atoms with Crippen molar-refractivity contribution in [2.24, 2.45) is 0 Å². The Bertz CT molecular complexity index is 1390. The Kier molecular flexibility index (Phi) is 7.51. The van der Waals surface area contributed by atoms with Gasteiger partial charge in [-0.25, -0.2) is 0 Å². The molecule has 1 atom stereocenters. The minimum absolute atomic E-state index is 0.0539. The number of aromatic nitrogens is 1. The Balaban J connectivity index is 1.16. The van der Waals surface area contributed by atoms with Gasteiger partial charge in [-0.15, -0.1) is 0 Å². The van der Waals surface area contributed by atoms with Crippen molar-refractivity contribution in [3.8, 4) is 5.75 Å². The average molecular weight is 548 g/mol. The summed E-state index contributed by atoms with van der Waals surface area (Å²) >= 11 is 3.60. The SMILES string of the molecule is COc1ccc2nccc([C@@H](O)CN3CCC(NC(=O)Cc4cccc5c(Br)cccc45)CC3)c2c1. The van der Waals surface area contributed by atoms with E-state index in [1.54, 1.807) is 13.3 Å². The van der Waals surface area contributed by atoms with E-state index >= 15 is 0 Å². The number of carbonyl (C=O) groups is 1. The summed E-state index contributed by atoms with van der Waals surface area (Å²) in [7, 11) is 1.64. The molecule has 7 heteroatoms. The number of aliphatic hydroxyl groups excluding tert-OH is 1. The number of benzene rings is 3. The minimum atomic E-state index is -0.626. The van der Waals surface area contributed by atoms with Gasteiger partial charge in [0.25, 0.3) is 0 Å². The van der Waals surface area contributed by atoms with Gasteiger partial charge in [-0.2, -0.15) is 0 Å². The molecular formula is C29H30BrN3O3. The highest BCUT2D eigenvalue weighted by Gasteiger charge is 2.24. The Morgan fingerprint density at radius 1 is 1.11 bits per heavy atom. The number of hydrogen-bond donors (Lipinski definition) is 2. The van der Waals surface area contributed by atoms with Crippen molar-refractivity contribution >= 4 is 43.5 Å². The number of halogens is 1. The van der Waals surface area contributed by atoms with Crippen LogP contribution in [-0.4, -0.2) is 53.7 Å². The van der Waals surface area contributed by atoms with E-state index in [0.29, 0.717) is 13.0 Å². The molecule has 186 valence electrons. The van der Waals surface area contributed by atoms with Gasteiger partial charge in [-0.3, -0.25) is 9.78 Å². The molecule has 1 aromatic heterocycles. The molecule has 1 aliphatic rings. The Hall–Kier alpha value is -3.00. The molecule has 5 rings (SSSR count). The number of fused-ring (bicyclic) bond motifs is 2. The van der Waals surface area contributed by atoms with Crippen molar-refractivity contribution in [1.29, 1.82) is 0 Å². The van der Waals surface area contributed by atoms with Gasteiger partial charge in [-0.1, -0.05) is 46.3 Å². The van der Waals surface area contributed by atoms with Crippen LogP contribution in [0.25, 0.3) is 21.7 Å². The average Bonchev–Trinajstić information content (AvgIpc) is 2.89. The normalized spacial score (nSPS) is 15.8. The summed E-state index contributed by atoms with van der Waals surface area (Å²) in [6, 6.07) is 19.9. The fourth-order valence-electron chi connectivity index (χ4n) is 5.11. The number of pyridine rings is 1. The largest absolute Gasteiger partial charge is 0.497 e. The van der Waals surface area contributed by atoms with Crippen LogP contribution in [0.1, 0.15) is 30.1 Å². The van der Waals surface area contributed by atoms with Gasteiger partial charge in [0.1, 0.15) is 5.75 Å². The van der Waals surface area contributed by atoms with Gasteiger partial charge in [0.2, 0.25) is 5.91 Å². The van der Waals surface area contributed by atoms with Crippen molar-refractivity contribution in [3.63, 3.8) is 0 Å². The molecule has 2 heterocycles. The predicted octanol–water partition coefficient (Wildman–Crippen LogP) is 5.02. The van der Waals surface area contributed by atoms with Crippen molar-refractivity contribution in [2.45, 2.75) is 31.4 Å². The Morgan fingerprint density at radius 2 is 1.89 bits per heavy atom. The number of ether oxygens (including phenoxy) is 1. The number of amides is 1. The number of nitrogens with zero attached hydrogens (tertiary/aromatic N) is 2. The van der Waals surface area contributed by atoms with E-state index < -0.39 is 6.10 Å². The maximum Gasteiger partial charge on any atom is 0.224 e. The molecule has 0 bridgehead atoms. The van der Waals surface area contributed by atoms with E-state index in [1.807, 2.05) is 48.5 Å². The topological polar surface area (TPSA) is 74.7 Å². The first-order valence-corrected chi connectivity index (χ1v) is 13.1. The highest BCUT2D eigenvalue weighted by molar-refractivity contribution is 9.10. The number of nitrogens with one attached hydrogen (secondary N) is 1. The van der Waals surface area contributed by atoms with Crippen LogP contribution in [0.15, 0.2) is 71.3 Å². The zero-order chi connectivity index (χ0) is 25.1. The number of likely N-dealkylation sites (tertiary alicyclic amines) is 1. The van der Waals surface area contributed by atoms with Gasteiger partial charge in [-0.05, 0) is 65.1 Å². The van der Waals surface area contributed by atoms with Crippen molar-refractivity contribution in [3.05, 3.63) is 82.5 Å². The first-order valence-electron chi connectivity index (χ1n) is 12.3. The molecule has 0 spiro atoms. The zero-order valence-electron chi connectivity index (χ0n) is 20.3. The Labute approximate surface area is 219 Å². The lowest BCUT2D eigenvalue weighted by molar-refractivity contribution is -0.121. The third kappa shape index (κ3) is 5.38. The first-order chi connectivity index (χ1) is 17.5. The molecular weight excluding hydrogens is 518 g/mol. The molecule has 36 heavy (non-hydrogen) atoms. The molecule has 1 aliphatic heterocycles. The van der Waals surface area contributed by atoms with Gasteiger partial charge in [0.05, 0.1) is 25.2 Å². The zero-order valence-corrected chi connectivity index (χ0v) is 21.9. The van der Waals surface area contributed by atoms with Crippen molar-refractivity contribution in [1.82, 2.24) is 15.2 Å². The Morgan fingerprint density at radius 3 is 2.69 bits per heavy atom. The number of hydrogen-bond acceptors (Lipinski definition) is 5. The second-order valence-corrected chi connectivity index (χ2v) is 10.2. The van der Waals surface area contributed by atoms with Crippen LogP contribution in [0.3, 0.4) is 0 Å². The monoisotopic (exact) mass is 547 g/mol. The van der Waals surface area contributed by atoms with Crippen LogP contribution >= 0.6 is 15.9 Å². The molecule has 0 radical (unpaired) electrons. The smallest absolute Gasteiger partial charge is 0.224 e. The number of methoxy groups -OCH3 is 1. The van der Waals surface area contributed by atoms with Crippen LogP contribution in [-0.2, 0) is 11.2 Å². The second-order valence-electron chi connectivity index (χ2n) is 9.37. The number of piperidine rings is 1. The maximum atomic E-state index is 12.8. The number of carbonyl (C=O) groups excluding carboxylic acids is 1. The van der Waals surface area contributed by atoms with Crippen LogP contribution in [0, 0.1) is 0 Å². The fraction of sp³-hybridized carbons (Fsp3) is 0.310. The van der Waals surface area contributed by atoms with Crippen molar-refractivity contribution < 1.29 is 14.6 Å². The molecule has 0 unspecified atom stereocenters. The van der Waals surface area contributed by atoms with E-state index in [4.69, 9.17) is 4.74 Å². The van der Waals surface area contributed by atoms with Crippen LogP contribution in [0.2, 0.25) is 0 Å². The van der Waals surface area contributed by atoms with Gasteiger partial charge in [0, 0.05) is 41.7 Å². The molecule has 6 nitrogen and oxygen atoms in total. The van der Waals surface area contributed by atoms with Crippen LogP contribution < -0.4 is 10.1 Å². The summed E-state index contributed by atoms with van der Waals surface area (Å²) in [5, 5.41) is 17.4. The van der Waals surface area contributed by atoms with Crippen LogP contribution in [0.5, 0.6) is 5.75 Å². The summed E-state index contributed by atoms with van der Waals surface area (Å²) in [4.78, 5) is 19.5. The number of aliphatic hydroxyl groups is 1. The van der Waals surface area contributed by atoms with Crippen molar-refractivity contribution in [2.75, 3.05) is 26.7 Å². The molecule has 0 saturated carbocycles. The third-order valence-electron chi connectivity index (χ3n) is 7.04. The molecule has 0 aliphatic carbocycles. The van der Waals surface area contributed by atoms with E-state index in [1.165, 1.54) is 0 Å². The lowest BCUT2D eigenvalue weighted by Gasteiger charge is -2.33. The fourth-order valence-corrected chi connectivity index (χ4v) is 5.61.